The summed E-state index contributed by atoms with van der Waals surface area (Å²) < 4.78 is 14.8. The van der Waals surface area contributed by atoms with Crippen LogP contribution in [0.3, 0.4) is 0 Å². The Kier molecular flexibility index (Phi) is 8.22. The van der Waals surface area contributed by atoms with Crippen LogP contribution < -0.4 is 20.8 Å². The van der Waals surface area contributed by atoms with E-state index in [1.54, 1.807) is 0 Å². The average molecular weight is 889 g/mol. The van der Waals surface area contributed by atoms with E-state index in [0.29, 0.717) is 0 Å². The van der Waals surface area contributed by atoms with Gasteiger partial charge in [0.15, 0.2) is 5.58 Å². The smallest absolute Gasteiger partial charge is 0.376 e. The van der Waals surface area contributed by atoms with Gasteiger partial charge >= 0.3 is 6.85 Å². The van der Waals surface area contributed by atoms with Gasteiger partial charge in [0.2, 0.25) is 0 Å². The van der Waals surface area contributed by atoms with E-state index < -0.39 is 0 Å². The third-order valence-electron chi connectivity index (χ3n) is 16.8. The summed E-state index contributed by atoms with van der Waals surface area (Å²) in [5.74, 6) is 0. The molecule has 0 radical (unpaired) electrons. The molecule has 0 bridgehead atoms. The number of fused-ring (bicyclic) bond motifs is 14. The predicted octanol–water partition coefficient (Wildman–Crippen LogP) is 16.3. The summed E-state index contributed by atoms with van der Waals surface area (Å²) in [4.78, 5) is 5.17. The van der Waals surface area contributed by atoms with Gasteiger partial charge in [0, 0.05) is 44.2 Å². The van der Waals surface area contributed by atoms with Crippen LogP contribution in [0.2, 0.25) is 0 Å². The Morgan fingerprint density at radius 1 is 0.485 bits per heavy atom. The van der Waals surface area contributed by atoms with Crippen LogP contribution in [0.15, 0.2) is 136 Å². The topological polar surface area (TPSA) is 32.8 Å². The van der Waals surface area contributed by atoms with Crippen LogP contribution in [0.4, 0.5) is 28.4 Å². The zero-order valence-electron chi connectivity index (χ0n) is 41.8. The Balaban J connectivity index is 1.21. The molecule has 2 aliphatic heterocycles. The van der Waals surface area contributed by atoms with Crippen LogP contribution in [0, 0.1) is 0 Å². The molecular weight excluding hydrogens is 828 g/mol. The van der Waals surface area contributed by atoms with Gasteiger partial charge < -0.3 is 18.5 Å². The third-order valence-corrected chi connectivity index (χ3v) is 16.8. The molecule has 4 nitrogen and oxygen atoms in total. The molecule has 338 valence electrons. The minimum Gasteiger partial charge on any atom is -0.466 e. The highest BCUT2D eigenvalue weighted by Gasteiger charge is 2.51. The average Bonchev–Trinajstić information content (AvgIpc) is 3.94. The van der Waals surface area contributed by atoms with Crippen molar-refractivity contribution < 1.29 is 8.83 Å². The first kappa shape index (κ1) is 41.7. The number of hydrogen-bond donors (Lipinski definition) is 0. The van der Waals surface area contributed by atoms with Crippen molar-refractivity contribution >= 4 is 79.3 Å². The molecule has 4 aliphatic rings. The SMILES string of the molecule is CC(C)(C)c1ccc(N2B3c4oc5ccc(C(C)(C)C)cc5c4N(c4ccc5c(c4)C(C)(C)CCC5(C)C)c4c3c(cc3c4oc4ccccc43)-c3cc4c(cc32)C(C)(C)c2ccccc2-4)cc1. The number of hydrogen-bond acceptors (Lipinski definition) is 4. The Labute approximate surface area is 402 Å². The zero-order valence-corrected chi connectivity index (χ0v) is 41.8. The van der Waals surface area contributed by atoms with Gasteiger partial charge in [-0.3, -0.25) is 0 Å². The van der Waals surface area contributed by atoms with Crippen LogP contribution in [-0.2, 0) is 27.1 Å². The van der Waals surface area contributed by atoms with E-state index >= 15 is 0 Å². The molecule has 0 spiro atoms. The molecule has 2 aliphatic carbocycles. The van der Waals surface area contributed by atoms with E-state index in [2.05, 4.69) is 220 Å². The maximum atomic E-state index is 7.53. The van der Waals surface area contributed by atoms with Crippen LogP contribution >= 0.6 is 0 Å². The van der Waals surface area contributed by atoms with Crippen LogP contribution in [0.1, 0.15) is 129 Å². The molecule has 0 atom stereocenters. The number of benzene rings is 7. The fraction of sp³-hybridized carbons (Fsp3) is 0.302. The number of anilines is 5. The Morgan fingerprint density at radius 3 is 1.90 bits per heavy atom. The summed E-state index contributed by atoms with van der Waals surface area (Å²) in [5, 5.41) is 3.36. The lowest BCUT2D eigenvalue weighted by atomic mass is 9.45. The van der Waals surface area contributed by atoms with Gasteiger partial charge in [-0.1, -0.05) is 150 Å². The normalized spacial score (nSPS) is 17.3. The van der Waals surface area contributed by atoms with Crippen molar-refractivity contribution in [3.63, 3.8) is 0 Å². The number of rotatable bonds is 2. The zero-order chi connectivity index (χ0) is 47.2. The van der Waals surface area contributed by atoms with Crippen LogP contribution in [0.5, 0.6) is 0 Å². The minimum atomic E-state index is -0.319. The lowest BCUT2D eigenvalue weighted by Crippen LogP contribution is -2.61. The summed E-state index contributed by atoms with van der Waals surface area (Å²) in [5.41, 5.74) is 23.5. The molecule has 0 amide bonds. The highest BCUT2D eigenvalue weighted by molar-refractivity contribution is 6.93. The molecule has 4 heterocycles. The third kappa shape index (κ3) is 5.62. The summed E-state index contributed by atoms with van der Waals surface area (Å²) in [6, 6.07) is 48.8. The summed E-state index contributed by atoms with van der Waals surface area (Å²) in [7, 11) is 0. The minimum absolute atomic E-state index is 0.00227. The summed E-state index contributed by atoms with van der Waals surface area (Å²) >= 11 is 0. The lowest BCUT2D eigenvalue weighted by Gasteiger charge is -2.45. The van der Waals surface area contributed by atoms with Crippen molar-refractivity contribution in [1.82, 2.24) is 0 Å². The first-order valence-corrected chi connectivity index (χ1v) is 24.9. The predicted molar refractivity (Wildman–Crippen MR) is 287 cm³/mol. The molecule has 0 fully saturated rings. The second kappa shape index (κ2) is 13.4. The van der Waals surface area contributed by atoms with E-state index in [1.807, 2.05) is 0 Å². The Bertz CT molecular complexity index is 3640. The maximum Gasteiger partial charge on any atom is 0.376 e. The quantitative estimate of drug-likeness (QED) is 0.162. The van der Waals surface area contributed by atoms with E-state index in [1.165, 1.54) is 66.8 Å². The standard InChI is InChI=1S/C63H61BN2O2/c1-59(2,3)36-21-24-38(25-22-36)66-51-35-49-42(40-17-13-15-19-47(40)63(49,11)12)33-43(51)44-34-45-41-18-14-16-20-52(41)67-57(45)56-54(44)64(66)58-55(46-31-37(60(4,5)6)23-28-53(46)68-58)65(56)39-26-27-48-50(32-39)62(9,10)30-29-61(48,7)8/h13-28,31-35H,29-30H2,1-12H3. The highest BCUT2D eigenvalue weighted by atomic mass is 16.3. The highest BCUT2D eigenvalue weighted by Crippen LogP contribution is 2.58. The second-order valence-electron chi connectivity index (χ2n) is 24.4. The molecule has 9 aromatic rings. The molecule has 7 aromatic carbocycles. The fourth-order valence-electron chi connectivity index (χ4n) is 12.7. The number of para-hydroxylation sites is 1. The van der Waals surface area contributed by atoms with Gasteiger partial charge in [0.05, 0.1) is 11.4 Å². The molecule has 68 heavy (non-hydrogen) atoms. The Morgan fingerprint density at radius 2 is 1.15 bits per heavy atom. The summed E-state index contributed by atoms with van der Waals surface area (Å²) in [6.45, 7) is 28.0. The number of furan rings is 2. The molecule has 0 saturated heterocycles. The molecular formula is C63H61BN2O2. The molecule has 0 unspecified atom stereocenters. The first-order valence-electron chi connectivity index (χ1n) is 24.9. The van der Waals surface area contributed by atoms with Gasteiger partial charge in [-0.25, -0.2) is 0 Å². The summed E-state index contributed by atoms with van der Waals surface area (Å²) in [6.07, 6.45) is 2.29. The van der Waals surface area contributed by atoms with Crippen molar-refractivity contribution in [3.05, 3.63) is 161 Å². The van der Waals surface area contributed by atoms with E-state index in [4.69, 9.17) is 8.83 Å². The van der Waals surface area contributed by atoms with Gasteiger partial charge in [-0.2, -0.15) is 0 Å². The maximum absolute atomic E-state index is 7.53. The molecule has 13 rings (SSSR count). The van der Waals surface area contributed by atoms with Crippen molar-refractivity contribution in [2.75, 3.05) is 9.71 Å². The van der Waals surface area contributed by atoms with E-state index in [-0.39, 0.29) is 33.9 Å². The van der Waals surface area contributed by atoms with Crippen LogP contribution in [-0.4, -0.2) is 6.85 Å². The van der Waals surface area contributed by atoms with Gasteiger partial charge in [-0.15, -0.1) is 0 Å². The number of nitrogens with zero attached hydrogens (tertiary/aromatic N) is 2. The van der Waals surface area contributed by atoms with Gasteiger partial charge in [0.1, 0.15) is 16.8 Å². The molecule has 0 N–H and O–H groups in total. The largest absolute Gasteiger partial charge is 0.466 e. The monoisotopic (exact) mass is 888 g/mol. The fourth-order valence-corrected chi connectivity index (χ4v) is 12.7. The molecule has 2 aromatic heterocycles. The first-order chi connectivity index (χ1) is 32.2. The Hall–Kier alpha value is -6.46. The van der Waals surface area contributed by atoms with Crippen molar-refractivity contribution in [2.24, 2.45) is 0 Å². The molecule has 5 heteroatoms. The van der Waals surface area contributed by atoms with Crippen LogP contribution in [0.25, 0.3) is 55.2 Å². The van der Waals surface area contributed by atoms with Crippen molar-refractivity contribution in [3.8, 4) is 22.3 Å². The van der Waals surface area contributed by atoms with Gasteiger partial charge in [0.25, 0.3) is 0 Å². The second-order valence-corrected chi connectivity index (χ2v) is 24.4. The van der Waals surface area contributed by atoms with E-state index in [0.717, 1.165) is 74.2 Å². The van der Waals surface area contributed by atoms with Gasteiger partial charge in [-0.05, 0) is 151 Å². The lowest BCUT2D eigenvalue weighted by molar-refractivity contribution is 0.332. The van der Waals surface area contributed by atoms with Crippen molar-refractivity contribution in [1.29, 1.82) is 0 Å². The molecule has 0 saturated carbocycles. The van der Waals surface area contributed by atoms with Crippen molar-refractivity contribution in [2.45, 2.75) is 123 Å². The van der Waals surface area contributed by atoms with E-state index in [9.17, 15) is 0 Å².